The molecule has 2 aliphatic rings. The maximum absolute atomic E-state index is 5.97. The van der Waals surface area contributed by atoms with Crippen molar-refractivity contribution in [2.75, 3.05) is 11.9 Å². The number of anilines is 1. The maximum Gasteiger partial charge on any atom is 0.119 e. The van der Waals surface area contributed by atoms with Crippen molar-refractivity contribution >= 4 is 5.69 Å². The molecule has 0 saturated carbocycles. The van der Waals surface area contributed by atoms with Gasteiger partial charge in [-0.2, -0.15) is 0 Å². The largest absolute Gasteiger partial charge is 0.494 e. The van der Waals surface area contributed by atoms with Crippen LogP contribution in [0.4, 0.5) is 5.69 Å². The number of nitrogens with one attached hydrogen (secondary N) is 1. The number of hydrogen-bond donors (Lipinski definition) is 1. The fourth-order valence-electron chi connectivity index (χ4n) is 4.96. The van der Waals surface area contributed by atoms with Gasteiger partial charge in [0.15, 0.2) is 0 Å². The first-order valence-electron chi connectivity index (χ1n) is 10.4. The number of hydrogen-bond acceptors (Lipinski definition) is 2. The van der Waals surface area contributed by atoms with Crippen LogP contribution in [0.15, 0.2) is 42.5 Å². The molecule has 1 aliphatic carbocycles. The first kappa shape index (κ1) is 18.2. The summed E-state index contributed by atoms with van der Waals surface area (Å²) in [6.07, 6.45) is 8.18. The van der Waals surface area contributed by atoms with Gasteiger partial charge in [-0.15, -0.1) is 0 Å². The molecule has 0 spiro atoms. The highest BCUT2D eigenvalue weighted by Gasteiger charge is 2.39. The highest BCUT2D eigenvalue weighted by atomic mass is 16.5. The zero-order valence-corrected chi connectivity index (χ0v) is 17.0. The van der Waals surface area contributed by atoms with Crippen molar-refractivity contribution in [1.82, 2.24) is 0 Å². The van der Waals surface area contributed by atoms with Crippen molar-refractivity contribution in [2.24, 2.45) is 5.92 Å². The molecule has 2 heteroatoms. The summed E-state index contributed by atoms with van der Waals surface area (Å²) in [5.74, 6) is 2.05. The highest BCUT2D eigenvalue weighted by molar-refractivity contribution is 5.62. The zero-order chi connectivity index (χ0) is 19.0. The molecule has 3 atom stereocenters. The second-order valence-electron chi connectivity index (χ2n) is 8.24. The summed E-state index contributed by atoms with van der Waals surface area (Å²) in [5.41, 5.74) is 8.28. The van der Waals surface area contributed by atoms with E-state index in [4.69, 9.17) is 4.74 Å². The smallest absolute Gasteiger partial charge is 0.119 e. The first-order valence-corrected chi connectivity index (χ1v) is 10.4. The molecular weight excluding hydrogens is 330 g/mol. The first-order chi connectivity index (χ1) is 13.1. The third-order valence-electron chi connectivity index (χ3n) is 6.15. The summed E-state index contributed by atoms with van der Waals surface area (Å²) < 4.78 is 5.97. The summed E-state index contributed by atoms with van der Waals surface area (Å²) in [6, 6.07) is 11.6. The number of benzene rings is 2. The molecule has 142 valence electrons. The molecule has 2 aromatic carbocycles. The Bertz CT molecular complexity index is 844. The molecule has 0 aromatic heterocycles. The fourth-order valence-corrected chi connectivity index (χ4v) is 4.96. The average Bonchev–Trinajstić information content (AvgIpc) is 3.11. The lowest BCUT2D eigenvalue weighted by Crippen LogP contribution is -2.30. The normalized spacial score (nSPS) is 22.9. The summed E-state index contributed by atoms with van der Waals surface area (Å²) in [5, 5.41) is 3.88. The fraction of sp³-hybridized carbons (Fsp3) is 0.440. The zero-order valence-electron chi connectivity index (χ0n) is 17.0. The van der Waals surface area contributed by atoms with E-state index in [9.17, 15) is 0 Å². The molecule has 1 heterocycles. The van der Waals surface area contributed by atoms with Gasteiger partial charge in [-0.25, -0.2) is 0 Å². The topological polar surface area (TPSA) is 21.3 Å². The Kier molecular flexibility index (Phi) is 4.99. The molecule has 27 heavy (non-hydrogen) atoms. The SMILES string of the molecule is CCCCOc1ccc2c(c1)C1C=CCC1C(c1c(C)cc(C)cc1C)N2. The maximum atomic E-state index is 5.97. The van der Waals surface area contributed by atoms with Crippen LogP contribution in [0, 0.1) is 26.7 Å². The molecule has 3 unspecified atom stereocenters. The summed E-state index contributed by atoms with van der Waals surface area (Å²) in [4.78, 5) is 0. The quantitative estimate of drug-likeness (QED) is 0.477. The standard InChI is InChI=1S/C25H31NO/c1-5-6-12-27-19-10-11-23-22(15-19)20-8-7-9-21(20)25(26-23)24-17(3)13-16(2)14-18(24)4/h7-8,10-11,13-15,20-21,25-26H,5-6,9,12H2,1-4H3. The van der Waals surface area contributed by atoms with Gasteiger partial charge in [-0.3, -0.25) is 0 Å². The van der Waals surface area contributed by atoms with Crippen LogP contribution in [-0.2, 0) is 0 Å². The Hall–Kier alpha value is -2.22. The van der Waals surface area contributed by atoms with Crippen molar-refractivity contribution in [3.63, 3.8) is 0 Å². The van der Waals surface area contributed by atoms with Gasteiger partial charge in [-0.1, -0.05) is 43.2 Å². The molecular formula is C25H31NO. The number of allylic oxidation sites excluding steroid dienone is 2. The van der Waals surface area contributed by atoms with Gasteiger partial charge in [-0.05, 0) is 80.0 Å². The van der Waals surface area contributed by atoms with Gasteiger partial charge in [0, 0.05) is 11.6 Å². The molecule has 0 saturated heterocycles. The predicted octanol–water partition coefficient (Wildman–Crippen LogP) is 6.62. The minimum atomic E-state index is 0.366. The second kappa shape index (κ2) is 7.42. The molecule has 4 rings (SSSR count). The average molecular weight is 362 g/mol. The summed E-state index contributed by atoms with van der Waals surface area (Å²) in [7, 11) is 0. The molecule has 0 radical (unpaired) electrons. The Morgan fingerprint density at radius 3 is 2.59 bits per heavy atom. The van der Waals surface area contributed by atoms with Gasteiger partial charge in [0.05, 0.1) is 12.6 Å². The lowest BCUT2D eigenvalue weighted by Gasteiger charge is -2.39. The lowest BCUT2D eigenvalue weighted by atomic mass is 9.75. The predicted molar refractivity (Wildman–Crippen MR) is 114 cm³/mol. The molecule has 1 N–H and O–H groups in total. The van der Waals surface area contributed by atoms with E-state index >= 15 is 0 Å². The van der Waals surface area contributed by atoms with Gasteiger partial charge in [0.2, 0.25) is 0 Å². The van der Waals surface area contributed by atoms with E-state index in [-0.39, 0.29) is 0 Å². The van der Waals surface area contributed by atoms with Crippen molar-refractivity contribution in [3.8, 4) is 5.75 Å². The minimum Gasteiger partial charge on any atom is -0.494 e. The van der Waals surface area contributed by atoms with Crippen LogP contribution in [-0.4, -0.2) is 6.61 Å². The van der Waals surface area contributed by atoms with Crippen LogP contribution in [0.3, 0.4) is 0 Å². The highest BCUT2D eigenvalue weighted by Crippen LogP contribution is 2.51. The van der Waals surface area contributed by atoms with Crippen LogP contribution in [0.25, 0.3) is 0 Å². The number of rotatable bonds is 5. The second-order valence-corrected chi connectivity index (χ2v) is 8.24. The third kappa shape index (κ3) is 3.38. The molecule has 0 bridgehead atoms. The minimum absolute atomic E-state index is 0.366. The molecule has 0 amide bonds. The Morgan fingerprint density at radius 2 is 1.85 bits per heavy atom. The van der Waals surface area contributed by atoms with Crippen LogP contribution >= 0.6 is 0 Å². The van der Waals surface area contributed by atoms with Crippen LogP contribution in [0.5, 0.6) is 5.75 Å². The van der Waals surface area contributed by atoms with E-state index in [0.717, 1.165) is 31.6 Å². The van der Waals surface area contributed by atoms with Crippen LogP contribution in [0.1, 0.15) is 66.0 Å². The van der Waals surface area contributed by atoms with Crippen molar-refractivity contribution < 1.29 is 4.74 Å². The van der Waals surface area contributed by atoms with E-state index in [0.29, 0.717) is 17.9 Å². The number of unbranched alkanes of at least 4 members (excludes halogenated alkanes) is 1. The van der Waals surface area contributed by atoms with E-state index in [1.165, 1.54) is 33.5 Å². The van der Waals surface area contributed by atoms with E-state index in [2.05, 4.69) is 75.5 Å². The molecule has 2 aromatic rings. The summed E-state index contributed by atoms with van der Waals surface area (Å²) >= 11 is 0. The third-order valence-corrected chi connectivity index (χ3v) is 6.15. The molecule has 2 nitrogen and oxygen atoms in total. The monoisotopic (exact) mass is 361 g/mol. The van der Waals surface area contributed by atoms with Crippen molar-refractivity contribution in [2.45, 2.75) is 58.9 Å². The number of fused-ring (bicyclic) bond motifs is 3. The van der Waals surface area contributed by atoms with Crippen molar-refractivity contribution in [1.29, 1.82) is 0 Å². The molecule has 1 aliphatic heterocycles. The number of aryl methyl sites for hydroxylation is 3. The van der Waals surface area contributed by atoms with Crippen LogP contribution < -0.4 is 10.1 Å². The van der Waals surface area contributed by atoms with E-state index in [1.807, 2.05) is 0 Å². The Balaban J connectivity index is 1.69. The van der Waals surface area contributed by atoms with E-state index in [1.54, 1.807) is 0 Å². The van der Waals surface area contributed by atoms with Gasteiger partial charge < -0.3 is 10.1 Å². The van der Waals surface area contributed by atoms with Crippen molar-refractivity contribution in [3.05, 3.63) is 70.3 Å². The summed E-state index contributed by atoms with van der Waals surface area (Å²) in [6.45, 7) is 9.71. The Morgan fingerprint density at radius 1 is 1.07 bits per heavy atom. The van der Waals surface area contributed by atoms with Crippen LogP contribution in [0.2, 0.25) is 0 Å². The number of ether oxygens (including phenoxy) is 1. The Labute approximate surface area is 163 Å². The van der Waals surface area contributed by atoms with Gasteiger partial charge in [0.1, 0.15) is 5.75 Å². The molecule has 0 fully saturated rings. The van der Waals surface area contributed by atoms with E-state index < -0.39 is 0 Å². The van der Waals surface area contributed by atoms with Gasteiger partial charge >= 0.3 is 0 Å². The lowest BCUT2D eigenvalue weighted by molar-refractivity contribution is 0.308. The van der Waals surface area contributed by atoms with Gasteiger partial charge in [0.25, 0.3) is 0 Å².